The van der Waals surface area contributed by atoms with Crippen LogP contribution in [0, 0.1) is 34.3 Å². The van der Waals surface area contributed by atoms with Gasteiger partial charge in [-0.25, -0.2) is 8.78 Å². The van der Waals surface area contributed by atoms with Gasteiger partial charge >= 0.3 is 0 Å². The molecule has 0 fully saturated rings. The summed E-state index contributed by atoms with van der Waals surface area (Å²) in [5.74, 6) is -0.965. The van der Waals surface area contributed by atoms with Crippen molar-refractivity contribution in [1.82, 2.24) is 0 Å². The zero-order valence-electron chi connectivity index (χ0n) is 10.2. The van der Waals surface area contributed by atoms with E-state index in [-0.39, 0.29) is 17.9 Å². The van der Waals surface area contributed by atoms with Crippen LogP contribution in [0.25, 0.3) is 0 Å². The molecule has 0 aliphatic carbocycles. The van der Waals surface area contributed by atoms with Crippen LogP contribution in [0.15, 0.2) is 36.4 Å². The lowest BCUT2D eigenvalue weighted by Crippen LogP contribution is -2.00. The summed E-state index contributed by atoms with van der Waals surface area (Å²) in [6.07, 6.45) is 0. The maximum atomic E-state index is 13.4. The number of hydrogen-bond acceptors (Lipinski definition) is 3. The van der Waals surface area contributed by atoms with Crippen molar-refractivity contribution in [3.8, 4) is 17.9 Å². The minimum absolute atomic E-state index is 0.0635. The van der Waals surface area contributed by atoms with E-state index in [1.165, 1.54) is 30.3 Å². The van der Waals surface area contributed by atoms with Gasteiger partial charge in [-0.3, -0.25) is 0 Å². The van der Waals surface area contributed by atoms with Crippen molar-refractivity contribution in [2.24, 2.45) is 0 Å². The van der Waals surface area contributed by atoms with E-state index in [1.54, 1.807) is 6.07 Å². The van der Waals surface area contributed by atoms with Crippen LogP contribution in [0.5, 0.6) is 5.75 Å². The Bertz CT molecular complexity index is 730. The second-order valence-corrected chi connectivity index (χ2v) is 3.96. The van der Waals surface area contributed by atoms with E-state index >= 15 is 0 Å². The maximum Gasteiger partial charge on any atom is 0.144 e. The maximum absolute atomic E-state index is 13.4. The van der Waals surface area contributed by atoms with Crippen LogP contribution in [0.1, 0.15) is 16.7 Å². The van der Waals surface area contributed by atoms with E-state index in [0.717, 1.165) is 6.07 Å². The summed E-state index contributed by atoms with van der Waals surface area (Å²) in [5.41, 5.74) is 0.582. The van der Waals surface area contributed by atoms with Crippen LogP contribution >= 0.6 is 0 Å². The molecule has 98 valence electrons. The molecule has 0 bridgehead atoms. The molecule has 0 amide bonds. The molecule has 0 atom stereocenters. The van der Waals surface area contributed by atoms with Gasteiger partial charge in [0.05, 0.1) is 17.2 Å². The Balaban J connectivity index is 2.17. The van der Waals surface area contributed by atoms with Crippen molar-refractivity contribution in [1.29, 1.82) is 10.5 Å². The van der Waals surface area contributed by atoms with E-state index < -0.39 is 11.6 Å². The van der Waals surface area contributed by atoms with Gasteiger partial charge in [-0.1, -0.05) is 0 Å². The summed E-state index contributed by atoms with van der Waals surface area (Å²) in [4.78, 5) is 0. The smallest absolute Gasteiger partial charge is 0.144 e. The number of nitrogens with zero attached hydrogens (tertiary/aromatic N) is 2. The van der Waals surface area contributed by atoms with Gasteiger partial charge in [0.25, 0.3) is 0 Å². The fourth-order valence-corrected chi connectivity index (χ4v) is 1.63. The minimum atomic E-state index is -0.690. The largest absolute Gasteiger partial charge is 0.489 e. The molecule has 2 aromatic carbocycles. The van der Waals surface area contributed by atoms with Crippen LogP contribution in [0.2, 0.25) is 0 Å². The van der Waals surface area contributed by atoms with Gasteiger partial charge in [0, 0.05) is 11.6 Å². The van der Waals surface area contributed by atoms with E-state index in [4.69, 9.17) is 15.3 Å². The highest BCUT2D eigenvalue weighted by Gasteiger charge is 2.07. The predicted molar refractivity (Wildman–Crippen MR) is 66.6 cm³/mol. The molecule has 0 aliphatic heterocycles. The molecular formula is C15H8F2N2O. The third-order valence-corrected chi connectivity index (χ3v) is 2.64. The first-order valence-electron chi connectivity index (χ1n) is 5.65. The molecule has 0 aromatic heterocycles. The van der Waals surface area contributed by atoms with E-state index in [1.807, 2.05) is 6.07 Å². The molecule has 0 spiro atoms. The van der Waals surface area contributed by atoms with Gasteiger partial charge in [0.2, 0.25) is 0 Å². The molecule has 2 rings (SSSR count). The van der Waals surface area contributed by atoms with Gasteiger partial charge in [0.15, 0.2) is 0 Å². The second-order valence-electron chi connectivity index (χ2n) is 3.96. The Morgan fingerprint density at radius 3 is 2.30 bits per heavy atom. The third kappa shape index (κ3) is 2.90. The molecule has 20 heavy (non-hydrogen) atoms. The standard InChI is InChI=1S/C15H8F2N2O/c16-13-3-1-10(7-18)12(5-13)9-20-14-4-2-11(8-19)15(17)6-14/h1-6H,9H2. The number of rotatable bonds is 3. The molecule has 0 N–H and O–H groups in total. The number of halogens is 2. The highest BCUT2D eigenvalue weighted by atomic mass is 19.1. The molecule has 0 aliphatic rings. The number of hydrogen-bond donors (Lipinski definition) is 0. The van der Waals surface area contributed by atoms with E-state index in [0.29, 0.717) is 11.1 Å². The van der Waals surface area contributed by atoms with Gasteiger partial charge in [0.1, 0.15) is 30.1 Å². The van der Waals surface area contributed by atoms with Crippen LogP contribution in [-0.4, -0.2) is 0 Å². The quantitative estimate of drug-likeness (QED) is 0.859. The predicted octanol–water partition coefficient (Wildman–Crippen LogP) is 3.29. The Hall–Kier alpha value is -2.92. The molecular weight excluding hydrogens is 262 g/mol. The molecule has 0 unspecified atom stereocenters. The van der Waals surface area contributed by atoms with Crippen molar-refractivity contribution in [2.45, 2.75) is 6.61 Å². The van der Waals surface area contributed by atoms with Crippen LogP contribution in [0.4, 0.5) is 8.78 Å². The fourth-order valence-electron chi connectivity index (χ4n) is 1.63. The average molecular weight is 270 g/mol. The normalized spacial score (nSPS) is 9.60. The van der Waals surface area contributed by atoms with Crippen molar-refractivity contribution in [3.05, 3.63) is 64.7 Å². The summed E-state index contributed by atoms with van der Waals surface area (Å²) in [5, 5.41) is 17.5. The summed E-state index contributed by atoms with van der Waals surface area (Å²) >= 11 is 0. The highest BCUT2D eigenvalue weighted by molar-refractivity contribution is 5.39. The van der Waals surface area contributed by atoms with Crippen LogP contribution in [0.3, 0.4) is 0 Å². The lowest BCUT2D eigenvalue weighted by Gasteiger charge is -2.08. The zero-order valence-corrected chi connectivity index (χ0v) is 10.2. The number of nitriles is 2. The number of ether oxygens (including phenoxy) is 1. The second kappa shape index (κ2) is 5.81. The summed E-state index contributed by atoms with van der Waals surface area (Å²) < 4.78 is 31.8. The summed E-state index contributed by atoms with van der Waals surface area (Å²) in [7, 11) is 0. The molecule has 0 heterocycles. The average Bonchev–Trinajstić information content (AvgIpc) is 2.45. The van der Waals surface area contributed by atoms with Crippen molar-refractivity contribution >= 4 is 0 Å². The van der Waals surface area contributed by atoms with Gasteiger partial charge < -0.3 is 4.74 Å². The minimum Gasteiger partial charge on any atom is -0.489 e. The fraction of sp³-hybridized carbons (Fsp3) is 0.0667. The van der Waals surface area contributed by atoms with E-state index in [9.17, 15) is 8.78 Å². The molecule has 0 radical (unpaired) electrons. The van der Waals surface area contributed by atoms with Gasteiger partial charge in [-0.2, -0.15) is 10.5 Å². The molecule has 5 heteroatoms. The first-order chi connectivity index (χ1) is 9.63. The molecule has 0 saturated heterocycles. The highest BCUT2D eigenvalue weighted by Crippen LogP contribution is 2.19. The monoisotopic (exact) mass is 270 g/mol. The molecule has 3 nitrogen and oxygen atoms in total. The zero-order chi connectivity index (χ0) is 14.5. The molecule has 2 aromatic rings. The number of benzene rings is 2. The summed E-state index contributed by atoms with van der Waals surface area (Å²) in [6.45, 7) is -0.0635. The van der Waals surface area contributed by atoms with Crippen molar-refractivity contribution in [2.75, 3.05) is 0 Å². The Morgan fingerprint density at radius 1 is 0.950 bits per heavy atom. The lowest BCUT2D eigenvalue weighted by molar-refractivity contribution is 0.303. The van der Waals surface area contributed by atoms with Crippen LogP contribution < -0.4 is 4.74 Å². The topological polar surface area (TPSA) is 56.8 Å². The van der Waals surface area contributed by atoms with Crippen LogP contribution in [-0.2, 0) is 6.61 Å². The Labute approximate surface area is 114 Å². The SMILES string of the molecule is N#Cc1ccc(OCc2cc(F)ccc2C#N)cc1F. The Kier molecular flexibility index (Phi) is 3.93. The Morgan fingerprint density at radius 2 is 1.65 bits per heavy atom. The van der Waals surface area contributed by atoms with Gasteiger partial charge in [-0.05, 0) is 30.3 Å². The van der Waals surface area contributed by atoms with Crippen molar-refractivity contribution in [3.63, 3.8) is 0 Å². The molecule has 0 saturated carbocycles. The van der Waals surface area contributed by atoms with Gasteiger partial charge in [-0.15, -0.1) is 0 Å². The van der Waals surface area contributed by atoms with E-state index in [2.05, 4.69) is 0 Å². The summed E-state index contributed by atoms with van der Waals surface area (Å²) in [6, 6.07) is 11.2. The van der Waals surface area contributed by atoms with Crippen molar-refractivity contribution < 1.29 is 13.5 Å². The first-order valence-corrected chi connectivity index (χ1v) is 5.65. The first kappa shape index (κ1) is 13.5. The third-order valence-electron chi connectivity index (χ3n) is 2.64. The lowest BCUT2D eigenvalue weighted by atomic mass is 10.1.